The molecule has 1 aromatic rings. The zero-order valence-corrected chi connectivity index (χ0v) is 25.0. The van der Waals surface area contributed by atoms with Gasteiger partial charge in [-0.1, -0.05) is 85.0 Å². The highest BCUT2D eigenvalue weighted by Crippen LogP contribution is 2.20. The van der Waals surface area contributed by atoms with Gasteiger partial charge in [-0.3, -0.25) is 14.4 Å². The molecule has 0 fully saturated rings. The number of unbranched alkanes of at least 4 members (excludes halogenated alkanes) is 7. The summed E-state index contributed by atoms with van der Waals surface area (Å²) < 4.78 is 5.53. The van der Waals surface area contributed by atoms with Crippen LogP contribution in [0.15, 0.2) is 9.59 Å². The van der Waals surface area contributed by atoms with Gasteiger partial charge in [-0.05, 0) is 57.7 Å². The molecule has 38 heavy (non-hydrogen) atoms. The summed E-state index contributed by atoms with van der Waals surface area (Å²) in [7, 11) is 1.67. The lowest BCUT2D eigenvalue weighted by Gasteiger charge is -2.22. The fourth-order valence-electron chi connectivity index (χ4n) is 5.00. The number of rotatable bonds is 26. The molecule has 2 N–H and O–H groups in total. The highest BCUT2D eigenvalue weighted by Gasteiger charge is 2.18. The molecule has 0 radical (unpaired) electrons. The Labute approximate surface area is 232 Å². The summed E-state index contributed by atoms with van der Waals surface area (Å²) in [5.41, 5.74) is 0.00307. The number of carbonyl (C=O) groups is 1. The quantitative estimate of drug-likeness (QED) is 0.0795. The van der Waals surface area contributed by atoms with Crippen LogP contribution in [0.3, 0.4) is 0 Å². The topological polar surface area (TPSA) is 87.7 Å². The molecule has 0 saturated carbocycles. The molecule has 0 bridgehead atoms. The first-order valence-corrected chi connectivity index (χ1v) is 15.6. The van der Waals surface area contributed by atoms with Crippen LogP contribution >= 0.6 is 0 Å². The highest BCUT2D eigenvalue weighted by atomic mass is 16.5. The molecular weight excluding hydrogens is 478 g/mol. The van der Waals surface area contributed by atoms with Gasteiger partial charge in [0.15, 0.2) is 0 Å². The molecule has 0 aliphatic rings. The molecule has 0 amide bonds. The summed E-state index contributed by atoms with van der Waals surface area (Å²) in [6, 6.07) is 0. The van der Waals surface area contributed by atoms with Gasteiger partial charge in [0.05, 0.1) is 6.61 Å². The molecule has 1 aromatic carbocycles. The molecule has 0 heterocycles. The van der Waals surface area contributed by atoms with Crippen molar-refractivity contribution in [1.29, 1.82) is 0 Å². The number of carbonyl (C=O) groups excluding carboxylic acids is 1. The van der Waals surface area contributed by atoms with E-state index in [9.17, 15) is 14.4 Å². The second-order valence-electron chi connectivity index (χ2n) is 10.8. The average molecular weight is 536 g/mol. The van der Waals surface area contributed by atoms with Crippen molar-refractivity contribution in [3.8, 4) is 0 Å². The van der Waals surface area contributed by atoms with E-state index < -0.39 is 10.9 Å². The minimum atomic E-state index is -0.426. The Morgan fingerprint density at radius 2 is 1.32 bits per heavy atom. The van der Waals surface area contributed by atoms with Crippen molar-refractivity contribution in [2.45, 2.75) is 124 Å². The summed E-state index contributed by atoms with van der Waals surface area (Å²) in [4.78, 5) is 37.8. The van der Waals surface area contributed by atoms with Gasteiger partial charge in [0, 0.05) is 20.0 Å². The average Bonchev–Trinajstić information content (AvgIpc) is 2.92. The Bertz CT molecular complexity index is 796. The number of anilines is 2. The first-order chi connectivity index (χ1) is 18.5. The summed E-state index contributed by atoms with van der Waals surface area (Å²) in [5.74, 6) is 0.678. The molecule has 0 aromatic heterocycles. The van der Waals surface area contributed by atoms with Gasteiger partial charge in [0.25, 0.3) is 10.9 Å². The van der Waals surface area contributed by atoms with Gasteiger partial charge in [-0.25, -0.2) is 0 Å². The Kier molecular flexibility index (Phi) is 19.7. The molecule has 0 aliphatic heterocycles. The van der Waals surface area contributed by atoms with Crippen molar-refractivity contribution in [3.05, 3.63) is 20.4 Å². The summed E-state index contributed by atoms with van der Waals surface area (Å²) in [6.45, 7) is 11.1. The fourth-order valence-corrected chi connectivity index (χ4v) is 5.00. The first-order valence-electron chi connectivity index (χ1n) is 15.6. The van der Waals surface area contributed by atoms with Gasteiger partial charge in [-0.15, -0.1) is 0 Å². The fraction of sp³-hybridized carbons (Fsp3) is 0.839. The predicted octanol–water partition coefficient (Wildman–Crippen LogP) is 6.50. The summed E-state index contributed by atoms with van der Waals surface area (Å²) in [5, 5.41) is 5.93. The summed E-state index contributed by atoms with van der Waals surface area (Å²) >= 11 is 0. The van der Waals surface area contributed by atoms with Gasteiger partial charge < -0.3 is 20.3 Å². The zero-order valence-electron chi connectivity index (χ0n) is 25.0. The van der Waals surface area contributed by atoms with Crippen LogP contribution in [0.4, 0.5) is 11.4 Å². The second-order valence-corrected chi connectivity index (χ2v) is 10.8. The molecule has 7 heteroatoms. The maximum atomic E-state index is 12.1. The third-order valence-electron chi connectivity index (χ3n) is 7.52. The molecule has 1 rings (SSSR count). The standard InChI is InChI=1S/C31H57N3O4/c1-5-8-17-26(18-9-6-2)20-25-38-27(35)19-14-12-11-13-15-23-34(22-10-7-3)24-16-21-33-29-28(32-4)30(36)31(29)37/h26,32-33H,5-25H2,1-4H3. The smallest absolute Gasteiger partial charge is 0.305 e. The van der Waals surface area contributed by atoms with Crippen LogP contribution in [0.5, 0.6) is 0 Å². The van der Waals surface area contributed by atoms with Crippen molar-refractivity contribution in [3.63, 3.8) is 0 Å². The number of nitrogens with zero attached hydrogens (tertiary/aromatic N) is 1. The molecule has 7 nitrogen and oxygen atoms in total. The largest absolute Gasteiger partial charge is 0.466 e. The van der Waals surface area contributed by atoms with Crippen molar-refractivity contribution in [1.82, 2.24) is 4.90 Å². The van der Waals surface area contributed by atoms with Gasteiger partial charge >= 0.3 is 5.97 Å². The van der Waals surface area contributed by atoms with Crippen molar-refractivity contribution in [2.24, 2.45) is 5.92 Å². The molecule has 0 unspecified atom stereocenters. The van der Waals surface area contributed by atoms with Crippen LogP contribution in [0, 0.1) is 5.92 Å². The lowest BCUT2D eigenvalue weighted by molar-refractivity contribution is -0.144. The Hall–Kier alpha value is -1.89. The molecule has 0 aliphatic carbocycles. The molecule has 0 saturated heterocycles. The third-order valence-corrected chi connectivity index (χ3v) is 7.52. The number of ether oxygens (including phenoxy) is 1. The van der Waals surface area contributed by atoms with Crippen molar-refractivity contribution < 1.29 is 9.53 Å². The normalized spacial score (nSPS) is 11.5. The molecule has 0 atom stereocenters. The van der Waals surface area contributed by atoms with E-state index in [2.05, 4.69) is 36.3 Å². The number of hydrogen-bond acceptors (Lipinski definition) is 7. The van der Waals surface area contributed by atoms with Gasteiger partial charge in [0.2, 0.25) is 0 Å². The SMILES string of the molecule is CCCCC(CCCC)CCOC(=O)CCCCCCCN(CCCC)CCCNc1c(NC)c(=O)c1=O. The van der Waals surface area contributed by atoms with Crippen molar-refractivity contribution >= 4 is 17.3 Å². The van der Waals surface area contributed by atoms with Crippen LogP contribution in [0.2, 0.25) is 0 Å². The minimum Gasteiger partial charge on any atom is -0.466 e. The number of nitrogens with one attached hydrogen (secondary N) is 2. The Morgan fingerprint density at radius 3 is 1.97 bits per heavy atom. The first kappa shape index (κ1) is 34.1. The van der Waals surface area contributed by atoms with E-state index in [4.69, 9.17) is 4.74 Å². The van der Waals surface area contributed by atoms with Crippen LogP contribution < -0.4 is 21.5 Å². The number of hydrogen-bond donors (Lipinski definition) is 2. The minimum absolute atomic E-state index is 0.0281. The van der Waals surface area contributed by atoms with E-state index in [1.807, 2.05) is 0 Å². The van der Waals surface area contributed by atoms with Crippen LogP contribution in [-0.4, -0.2) is 50.7 Å². The second kappa shape index (κ2) is 22.0. The Morgan fingerprint density at radius 1 is 0.737 bits per heavy atom. The van der Waals surface area contributed by atoms with E-state index in [1.165, 1.54) is 64.2 Å². The maximum absolute atomic E-state index is 12.1. The van der Waals surface area contributed by atoms with Gasteiger partial charge in [-0.2, -0.15) is 0 Å². The highest BCUT2D eigenvalue weighted by molar-refractivity contribution is 5.73. The summed E-state index contributed by atoms with van der Waals surface area (Å²) in [6.07, 6.45) is 17.9. The zero-order chi connectivity index (χ0) is 28.0. The van der Waals surface area contributed by atoms with Crippen molar-refractivity contribution in [2.75, 3.05) is 50.5 Å². The van der Waals surface area contributed by atoms with Gasteiger partial charge in [0.1, 0.15) is 11.4 Å². The van der Waals surface area contributed by atoms with E-state index in [0.717, 1.165) is 51.7 Å². The lowest BCUT2D eigenvalue weighted by atomic mass is 9.93. The predicted molar refractivity (Wildman–Crippen MR) is 161 cm³/mol. The van der Waals surface area contributed by atoms with E-state index in [-0.39, 0.29) is 5.97 Å². The van der Waals surface area contributed by atoms with E-state index in [0.29, 0.717) is 36.9 Å². The molecule has 0 spiro atoms. The molecular formula is C31H57N3O4. The van der Waals surface area contributed by atoms with Crippen LogP contribution in [0.25, 0.3) is 0 Å². The molecule has 220 valence electrons. The van der Waals surface area contributed by atoms with E-state index >= 15 is 0 Å². The Balaban J connectivity index is 2.13. The van der Waals surface area contributed by atoms with Crippen LogP contribution in [-0.2, 0) is 9.53 Å². The van der Waals surface area contributed by atoms with Crippen LogP contribution in [0.1, 0.15) is 124 Å². The number of esters is 1. The maximum Gasteiger partial charge on any atom is 0.305 e. The third kappa shape index (κ3) is 14.3. The monoisotopic (exact) mass is 535 g/mol. The lowest BCUT2D eigenvalue weighted by Crippen LogP contribution is -2.37. The van der Waals surface area contributed by atoms with E-state index in [1.54, 1.807) is 7.05 Å².